The van der Waals surface area contributed by atoms with Crippen molar-refractivity contribution in [3.8, 4) is 17.2 Å². The summed E-state index contributed by atoms with van der Waals surface area (Å²) in [5.74, 6) is 0.779. The van der Waals surface area contributed by atoms with E-state index in [4.69, 9.17) is 18.6 Å². The topological polar surface area (TPSA) is 99.0 Å². The standard InChI is InChI=1S/C24H18N2O6/c1-29-16-6-4-5-14(11-16)23(27)26-21-17-7-2-3-8-18(17)32-22(21)24(28)25-15-9-10-19-20(12-15)31-13-30-19/h2-12H,13H2,1H3,(H,25,28)(H,26,27). The maximum atomic E-state index is 13.1. The molecule has 2 heterocycles. The Morgan fingerprint density at radius 3 is 2.59 bits per heavy atom. The summed E-state index contributed by atoms with van der Waals surface area (Å²) in [5, 5.41) is 6.21. The van der Waals surface area contributed by atoms with Gasteiger partial charge in [0.2, 0.25) is 12.6 Å². The number of carbonyl (C=O) groups is 2. The second-order valence-corrected chi connectivity index (χ2v) is 7.01. The van der Waals surface area contributed by atoms with Crippen LogP contribution in [-0.2, 0) is 0 Å². The van der Waals surface area contributed by atoms with Crippen LogP contribution in [0, 0.1) is 0 Å². The minimum Gasteiger partial charge on any atom is -0.497 e. The highest BCUT2D eigenvalue weighted by atomic mass is 16.7. The molecule has 1 aromatic heterocycles. The maximum Gasteiger partial charge on any atom is 0.293 e. The number of anilines is 2. The predicted molar refractivity (Wildman–Crippen MR) is 118 cm³/mol. The lowest BCUT2D eigenvalue weighted by Gasteiger charge is -2.09. The molecule has 0 radical (unpaired) electrons. The quantitative estimate of drug-likeness (QED) is 0.477. The molecule has 0 saturated carbocycles. The van der Waals surface area contributed by atoms with E-state index < -0.39 is 11.8 Å². The van der Waals surface area contributed by atoms with Crippen molar-refractivity contribution >= 4 is 34.2 Å². The number of hydrogen-bond acceptors (Lipinski definition) is 6. The molecule has 32 heavy (non-hydrogen) atoms. The van der Waals surface area contributed by atoms with E-state index in [1.807, 2.05) is 0 Å². The van der Waals surface area contributed by atoms with Gasteiger partial charge in [0.15, 0.2) is 11.5 Å². The lowest BCUT2D eigenvalue weighted by molar-refractivity contribution is 0.0999. The zero-order valence-electron chi connectivity index (χ0n) is 17.0. The van der Waals surface area contributed by atoms with Crippen molar-refractivity contribution in [3.05, 3.63) is 78.1 Å². The van der Waals surface area contributed by atoms with E-state index in [0.29, 0.717) is 39.5 Å². The normalized spacial score (nSPS) is 11.9. The molecule has 0 fully saturated rings. The average Bonchev–Trinajstić information content (AvgIpc) is 3.43. The molecule has 3 aromatic carbocycles. The van der Waals surface area contributed by atoms with Crippen molar-refractivity contribution in [2.45, 2.75) is 0 Å². The number of carbonyl (C=O) groups excluding carboxylic acids is 2. The number of amides is 2. The average molecular weight is 430 g/mol. The van der Waals surface area contributed by atoms with Gasteiger partial charge in [-0.2, -0.15) is 0 Å². The van der Waals surface area contributed by atoms with Gasteiger partial charge in [-0.3, -0.25) is 9.59 Å². The molecule has 0 saturated heterocycles. The van der Waals surface area contributed by atoms with Crippen molar-refractivity contribution in [3.63, 3.8) is 0 Å². The summed E-state index contributed by atoms with van der Waals surface area (Å²) >= 11 is 0. The Balaban J connectivity index is 1.47. The Kier molecular flexibility index (Phi) is 4.87. The first kappa shape index (κ1) is 19.5. The number of rotatable bonds is 5. The van der Waals surface area contributed by atoms with Crippen LogP contribution >= 0.6 is 0 Å². The van der Waals surface area contributed by atoms with Crippen LogP contribution in [0.1, 0.15) is 20.9 Å². The van der Waals surface area contributed by atoms with Crippen LogP contribution in [0.5, 0.6) is 17.2 Å². The Hall–Kier alpha value is -4.46. The van der Waals surface area contributed by atoms with Gasteiger partial charge in [0.05, 0.1) is 7.11 Å². The molecule has 0 unspecified atom stereocenters. The molecule has 0 bridgehead atoms. The van der Waals surface area contributed by atoms with Crippen LogP contribution in [0.15, 0.2) is 71.1 Å². The Labute approximate surface area is 182 Å². The minimum absolute atomic E-state index is 0.0138. The number of hydrogen-bond donors (Lipinski definition) is 2. The molecule has 0 aliphatic carbocycles. The number of methoxy groups -OCH3 is 1. The second kappa shape index (κ2) is 7.99. The highest BCUT2D eigenvalue weighted by Gasteiger charge is 2.24. The molecular formula is C24H18N2O6. The number of fused-ring (bicyclic) bond motifs is 2. The molecule has 0 spiro atoms. The highest BCUT2D eigenvalue weighted by Crippen LogP contribution is 2.35. The zero-order valence-corrected chi connectivity index (χ0v) is 17.0. The maximum absolute atomic E-state index is 13.1. The fourth-order valence-electron chi connectivity index (χ4n) is 3.44. The van der Waals surface area contributed by atoms with E-state index >= 15 is 0 Å². The van der Waals surface area contributed by atoms with Gasteiger partial charge in [0.1, 0.15) is 17.0 Å². The summed E-state index contributed by atoms with van der Waals surface area (Å²) in [7, 11) is 1.53. The van der Waals surface area contributed by atoms with Crippen molar-refractivity contribution < 1.29 is 28.2 Å². The first-order valence-electron chi connectivity index (χ1n) is 9.80. The first-order chi connectivity index (χ1) is 15.6. The monoisotopic (exact) mass is 430 g/mol. The summed E-state index contributed by atoms with van der Waals surface area (Å²) in [6.07, 6.45) is 0. The van der Waals surface area contributed by atoms with Crippen molar-refractivity contribution in [2.24, 2.45) is 0 Å². The third-order valence-electron chi connectivity index (χ3n) is 5.00. The molecule has 4 aromatic rings. The number of nitrogens with one attached hydrogen (secondary N) is 2. The summed E-state index contributed by atoms with van der Waals surface area (Å²) in [6.45, 7) is 0.136. The lowest BCUT2D eigenvalue weighted by Crippen LogP contribution is -2.17. The van der Waals surface area contributed by atoms with E-state index in [9.17, 15) is 9.59 Å². The fraction of sp³-hybridized carbons (Fsp3) is 0.0833. The molecule has 2 N–H and O–H groups in total. The molecule has 2 amide bonds. The summed E-state index contributed by atoms with van der Waals surface area (Å²) < 4.78 is 21.6. The Bertz CT molecular complexity index is 1340. The van der Waals surface area contributed by atoms with Gasteiger partial charge < -0.3 is 29.3 Å². The van der Waals surface area contributed by atoms with Gasteiger partial charge in [0, 0.05) is 22.7 Å². The molecular weight excluding hydrogens is 412 g/mol. The summed E-state index contributed by atoms with van der Waals surface area (Å²) in [4.78, 5) is 26.0. The smallest absolute Gasteiger partial charge is 0.293 e. The Morgan fingerprint density at radius 2 is 1.72 bits per heavy atom. The van der Waals surface area contributed by atoms with Crippen LogP contribution < -0.4 is 24.8 Å². The van der Waals surface area contributed by atoms with Gasteiger partial charge in [-0.1, -0.05) is 18.2 Å². The van der Waals surface area contributed by atoms with Crippen LogP contribution in [0.25, 0.3) is 11.0 Å². The van der Waals surface area contributed by atoms with E-state index in [1.165, 1.54) is 7.11 Å². The highest BCUT2D eigenvalue weighted by molar-refractivity contribution is 6.17. The van der Waals surface area contributed by atoms with Crippen molar-refractivity contribution in [2.75, 3.05) is 24.5 Å². The second-order valence-electron chi connectivity index (χ2n) is 7.01. The summed E-state index contributed by atoms with van der Waals surface area (Å²) in [5.41, 5.74) is 1.65. The predicted octanol–water partition coefficient (Wildman–Crippen LogP) is 4.67. The fourth-order valence-corrected chi connectivity index (χ4v) is 3.44. The first-order valence-corrected chi connectivity index (χ1v) is 9.80. The van der Waals surface area contributed by atoms with Gasteiger partial charge >= 0.3 is 0 Å². The molecule has 0 atom stereocenters. The number of ether oxygens (including phenoxy) is 3. The van der Waals surface area contributed by atoms with E-state index in [2.05, 4.69) is 10.6 Å². The van der Waals surface area contributed by atoms with Gasteiger partial charge in [-0.05, 0) is 42.5 Å². The molecule has 1 aliphatic heterocycles. The van der Waals surface area contributed by atoms with Crippen molar-refractivity contribution in [1.82, 2.24) is 0 Å². The number of furan rings is 1. The third kappa shape index (κ3) is 3.58. The van der Waals surface area contributed by atoms with E-state index in [-0.39, 0.29) is 18.2 Å². The van der Waals surface area contributed by atoms with Crippen LogP contribution in [0.4, 0.5) is 11.4 Å². The molecule has 8 heteroatoms. The van der Waals surface area contributed by atoms with E-state index in [1.54, 1.807) is 66.7 Å². The van der Waals surface area contributed by atoms with Crippen molar-refractivity contribution in [1.29, 1.82) is 0 Å². The minimum atomic E-state index is -0.513. The SMILES string of the molecule is COc1cccc(C(=O)Nc2c(C(=O)Nc3ccc4c(c3)OCO4)oc3ccccc23)c1. The van der Waals surface area contributed by atoms with Crippen LogP contribution in [-0.4, -0.2) is 25.7 Å². The zero-order chi connectivity index (χ0) is 22.1. The number of benzene rings is 3. The van der Waals surface area contributed by atoms with Gasteiger partial charge in [0.25, 0.3) is 11.8 Å². The molecule has 160 valence electrons. The van der Waals surface area contributed by atoms with Crippen LogP contribution in [0.3, 0.4) is 0 Å². The lowest BCUT2D eigenvalue weighted by atomic mass is 10.1. The Morgan fingerprint density at radius 1 is 0.875 bits per heavy atom. The number of para-hydroxylation sites is 1. The largest absolute Gasteiger partial charge is 0.497 e. The summed E-state index contributed by atoms with van der Waals surface area (Å²) in [6, 6.07) is 18.9. The molecule has 8 nitrogen and oxygen atoms in total. The third-order valence-corrected chi connectivity index (χ3v) is 5.00. The molecule has 5 rings (SSSR count). The van der Waals surface area contributed by atoms with E-state index in [0.717, 1.165) is 0 Å². The van der Waals surface area contributed by atoms with Crippen LogP contribution in [0.2, 0.25) is 0 Å². The van der Waals surface area contributed by atoms with Gasteiger partial charge in [-0.15, -0.1) is 0 Å². The molecule has 1 aliphatic rings. The van der Waals surface area contributed by atoms with Gasteiger partial charge in [-0.25, -0.2) is 0 Å².